The van der Waals surface area contributed by atoms with E-state index >= 15 is 0 Å². The quantitative estimate of drug-likeness (QED) is 0.729. The van der Waals surface area contributed by atoms with E-state index in [1.807, 2.05) is 25.1 Å². The van der Waals surface area contributed by atoms with Crippen molar-refractivity contribution in [2.45, 2.75) is 12.7 Å². The van der Waals surface area contributed by atoms with Crippen molar-refractivity contribution >= 4 is 11.1 Å². The monoisotopic (exact) mass is 342 g/mol. The van der Waals surface area contributed by atoms with Crippen LogP contribution in [-0.2, 0) is 16.8 Å². The third-order valence-corrected chi connectivity index (χ3v) is 4.32. The Balaban J connectivity index is 2.10. The van der Waals surface area contributed by atoms with Crippen molar-refractivity contribution in [1.29, 1.82) is 0 Å². The van der Waals surface area contributed by atoms with Crippen LogP contribution in [0.5, 0.6) is 0 Å². The molecular formula is C18H15FN2O2S. The van der Waals surface area contributed by atoms with E-state index in [4.69, 9.17) is 4.55 Å². The normalized spacial score (nSPS) is 12.1. The van der Waals surface area contributed by atoms with Gasteiger partial charge in [0.05, 0.1) is 5.75 Å². The summed E-state index contributed by atoms with van der Waals surface area (Å²) >= 11 is -2.08. The van der Waals surface area contributed by atoms with Crippen LogP contribution < -0.4 is 0 Å². The van der Waals surface area contributed by atoms with Crippen LogP contribution in [0.1, 0.15) is 11.3 Å². The second-order valence-electron chi connectivity index (χ2n) is 5.33. The summed E-state index contributed by atoms with van der Waals surface area (Å²) in [6, 6.07) is 10.3. The molecule has 1 aromatic carbocycles. The minimum Gasteiger partial charge on any atom is -0.306 e. The maximum Gasteiger partial charge on any atom is 0.157 e. The maximum atomic E-state index is 14.2. The molecule has 3 rings (SSSR count). The third kappa shape index (κ3) is 3.39. The van der Waals surface area contributed by atoms with Crippen molar-refractivity contribution in [2.75, 3.05) is 0 Å². The number of aromatic nitrogens is 2. The van der Waals surface area contributed by atoms with Crippen LogP contribution in [0.3, 0.4) is 0 Å². The van der Waals surface area contributed by atoms with E-state index in [1.165, 1.54) is 12.1 Å². The lowest BCUT2D eigenvalue weighted by molar-refractivity contribution is 0.559. The predicted octanol–water partition coefficient (Wildman–Crippen LogP) is 3.98. The number of pyridine rings is 2. The molecule has 0 spiro atoms. The number of hydrogen-bond donors (Lipinski definition) is 1. The highest BCUT2D eigenvalue weighted by Crippen LogP contribution is 2.33. The highest BCUT2D eigenvalue weighted by Gasteiger charge is 2.13. The molecule has 0 aliphatic carbocycles. The smallest absolute Gasteiger partial charge is 0.157 e. The number of aryl methyl sites for hydroxylation is 1. The Bertz CT molecular complexity index is 915. The van der Waals surface area contributed by atoms with Gasteiger partial charge in [0, 0.05) is 41.0 Å². The lowest BCUT2D eigenvalue weighted by atomic mass is 9.95. The zero-order valence-corrected chi connectivity index (χ0v) is 13.8. The Kier molecular flexibility index (Phi) is 4.78. The lowest BCUT2D eigenvalue weighted by Gasteiger charge is -2.12. The van der Waals surface area contributed by atoms with Crippen molar-refractivity contribution in [3.05, 3.63) is 72.1 Å². The Hall–Kier alpha value is -2.44. The van der Waals surface area contributed by atoms with Crippen LogP contribution in [0.2, 0.25) is 0 Å². The Morgan fingerprint density at radius 3 is 2.67 bits per heavy atom. The van der Waals surface area contributed by atoms with E-state index in [9.17, 15) is 8.60 Å². The number of benzene rings is 1. The van der Waals surface area contributed by atoms with Gasteiger partial charge in [-0.05, 0) is 36.2 Å². The molecule has 0 amide bonds. The minimum absolute atomic E-state index is 0.211. The molecule has 0 radical (unpaired) electrons. The SMILES string of the molecule is Cc1ncccc1-c1ccncc1-c1ccc(CS(=O)O)c(F)c1. The van der Waals surface area contributed by atoms with Gasteiger partial charge in [0.15, 0.2) is 11.1 Å². The van der Waals surface area contributed by atoms with Gasteiger partial charge < -0.3 is 4.55 Å². The molecular weight excluding hydrogens is 327 g/mol. The van der Waals surface area contributed by atoms with E-state index in [2.05, 4.69) is 9.97 Å². The first-order valence-electron chi connectivity index (χ1n) is 7.28. The molecule has 1 N–H and O–H groups in total. The molecule has 0 aliphatic heterocycles. The fourth-order valence-corrected chi connectivity index (χ4v) is 3.09. The highest BCUT2D eigenvalue weighted by molar-refractivity contribution is 7.78. The van der Waals surface area contributed by atoms with Gasteiger partial charge >= 0.3 is 0 Å². The fourth-order valence-electron chi connectivity index (χ4n) is 2.59. The van der Waals surface area contributed by atoms with Crippen LogP contribution in [-0.4, -0.2) is 18.7 Å². The zero-order chi connectivity index (χ0) is 17.1. The number of nitrogens with zero attached hydrogens (tertiary/aromatic N) is 2. The van der Waals surface area contributed by atoms with Crippen LogP contribution in [0, 0.1) is 12.7 Å². The lowest BCUT2D eigenvalue weighted by Crippen LogP contribution is -1.97. The van der Waals surface area contributed by atoms with Gasteiger partial charge in [0.2, 0.25) is 0 Å². The highest BCUT2D eigenvalue weighted by atomic mass is 32.2. The van der Waals surface area contributed by atoms with Gasteiger partial charge in [-0.1, -0.05) is 18.2 Å². The standard InChI is InChI=1S/C18H15FN2O2S/c1-12-15(3-2-7-21-12)16-6-8-20-10-17(16)13-4-5-14(11-24(22)23)18(19)9-13/h2-10H,11H2,1H3,(H,22,23). The number of halogens is 1. The second-order valence-corrected chi connectivity index (χ2v) is 6.26. The average molecular weight is 342 g/mol. The van der Waals surface area contributed by atoms with Crippen LogP contribution in [0.15, 0.2) is 55.0 Å². The van der Waals surface area contributed by atoms with Gasteiger partial charge in [0.25, 0.3) is 0 Å². The molecule has 4 nitrogen and oxygen atoms in total. The summed E-state index contributed by atoms with van der Waals surface area (Å²) in [5.41, 5.74) is 4.39. The first-order valence-corrected chi connectivity index (χ1v) is 8.56. The van der Waals surface area contributed by atoms with Crippen LogP contribution >= 0.6 is 0 Å². The van der Waals surface area contributed by atoms with Crippen molar-refractivity contribution in [2.24, 2.45) is 0 Å². The molecule has 0 aliphatic rings. The molecule has 0 saturated carbocycles. The molecule has 2 heterocycles. The first kappa shape index (κ1) is 16.4. The molecule has 0 fully saturated rings. The third-order valence-electron chi connectivity index (χ3n) is 3.76. The molecule has 1 unspecified atom stereocenters. The summed E-state index contributed by atoms with van der Waals surface area (Å²) in [4.78, 5) is 8.44. The van der Waals surface area contributed by atoms with Gasteiger partial charge in [-0.15, -0.1) is 0 Å². The molecule has 1 atom stereocenters. The van der Waals surface area contributed by atoms with Crippen LogP contribution in [0.4, 0.5) is 4.39 Å². The molecule has 24 heavy (non-hydrogen) atoms. The Morgan fingerprint density at radius 2 is 1.96 bits per heavy atom. The van der Waals surface area contributed by atoms with E-state index in [1.54, 1.807) is 24.7 Å². The summed E-state index contributed by atoms with van der Waals surface area (Å²) < 4.78 is 34.0. The molecule has 6 heteroatoms. The summed E-state index contributed by atoms with van der Waals surface area (Å²) in [5.74, 6) is -0.735. The average Bonchev–Trinajstić information content (AvgIpc) is 2.57. The van der Waals surface area contributed by atoms with Crippen molar-refractivity contribution in [3.8, 4) is 22.3 Å². The summed E-state index contributed by atoms with van der Waals surface area (Å²) in [5, 5.41) is 0. The molecule has 3 aromatic rings. The van der Waals surface area contributed by atoms with Crippen molar-refractivity contribution in [3.63, 3.8) is 0 Å². The summed E-state index contributed by atoms with van der Waals surface area (Å²) in [7, 11) is 0. The predicted molar refractivity (Wildman–Crippen MR) is 92.1 cm³/mol. The first-order chi connectivity index (χ1) is 11.6. The van der Waals surface area contributed by atoms with E-state index in [0.29, 0.717) is 5.56 Å². The molecule has 0 bridgehead atoms. The number of hydrogen-bond acceptors (Lipinski definition) is 3. The molecule has 2 aromatic heterocycles. The van der Waals surface area contributed by atoms with Crippen molar-refractivity contribution in [1.82, 2.24) is 9.97 Å². The molecule has 0 saturated heterocycles. The fraction of sp³-hybridized carbons (Fsp3) is 0.111. The second kappa shape index (κ2) is 6.98. The largest absolute Gasteiger partial charge is 0.306 e. The van der Waals surface area contributed by atoms with Gasteiger partial charge in [-0.3, -0.25) is 9.97 Å². The van der Waals surface area contributed by atoms with E-state index < -0.39 is 16.9 Å². The van der Waals surface area contributed by atoms with E-state index in [-0.39, 0.29) is 11.3 Å². The van der Waals surface area contributed by atoms with Gasteiger partial charge in [0.1, 0.15) is 5.82 Å². The summed E-state index contributed by atoms with van der Waals surface area (Å²) in [6.07, 6.45) is 5.09. The maximum absolute atomic E-state index is 14.2. The molecule has 122 valence electrons. The summed E-state index contributed by atoms with van der Waals surface area (Å²) in [6.45, 7) is 1.92. The minimum atomic E-state index is -2.08. The topological polar surface area (TPSA) is 63.1 Å². The van der Waals surface area contributed by atoms with Crippen LogP contribution in [0.25, 0.3) is 22.3 Å². The van der Waals surface area contributed by atoms with Crippen molar-refractivity contribution < 1.29 is 13.2 Å². The van der Waals surface area contributed by atoms with Gasteiger partial charge in [-0.25, -0.2) is 8.60 Å². The van der Waals surface area contributed by atoms with E-state index in [0.717, 1.165) is 22.4 Å². The Labute approximate surface area is 141 Å². The van der Waals surface area contributed by atoms with Gasteiger partial charge in [-0.2, -0.15) is 0 Å². The Morgan fingerprint density at radius 1 is 1.12 bits per heavy atom. The number of rotatable bonds is 4. The zero-order valence-electron chi connectivity index (χ0n) is 12.9.